The highest BCUT2D eigenvalue weighted by atomic mass is 19.2. The lowest BCUT2D eigenvalue weighted by Gasteiger charge is -2.13. The summed E-state index contributed by atoms with van der Waals surface area (Å²) in [6.45, 7) is 0.232. The van der Waals surface area contributed by atoms with Crippen LogP contribution in [0.1, 0.15) is 12.8 Å². The Morgan fingerprint density at radius 2 is 2.12 bits per heavy atom. The van der Waals surface area contributed by atoms with Gasteiger partial charge in [0.25, 0.3) is 0 Å². The lowest BCUT2D eigenvalue weighted by molar-refractivity contribution is -0.120. The highest BCUT2D eigenvalue weighted by Gasteiger charge is 2.48. The predicted octanol–water partition coefficient (Wildman–Crippen LogP) is 1.64. The molecule has 1 aromatic rings. The molecular weight excluding hydrogens is 214 g/mol. The summed E-state index contributed by atoms with van der Waals surface area (Å²) in [5.41, 5.74) is 4.76. The van der Waals surface area contributed by atoms with Crippen LogP contribution < -0.4 is 11.1 Å². The topological polar surface area (TPSA) is 55.1 Å². The molecule has 0 saturated heterocycles. The minimum atomic E-state index is -1.04. The van der Waals surface area contributed by atoms with Crippen LogP contribution in [0.5, 0.6) is 0 Å². The molecule has 16 heavy (non-hydrogen) atoms. The van der Waals surface area contributed by atoms with Gasteiger partial charge in [-0.3, -0.25) is 4.79 Å². The average molecular weight is 226 g/mol. The molecule has 1 amide bonds. The van der Waals surface area contributed by atoms with Gasteiger partial charge in [-0.15, -0.1) is 0 Å². The molecule has 0 aliphatic heterocycles. The molecule has 1 fully saturated rings. The van der Waals surface area contributed by atoms with E-state index in [2.05, 4.69) is 5.32 Å². The van der Waals surface area contributed by atoms with E-state index in [0.717, 1.165) is 6.07 Å². The van der Waals surface area contributed by atoms with E-state index >= 15 is 0 Å². The largest absolute Gasteiger partial charge is 0.329 e. The van der Waals surface area contributed by atoms with Gasteiger partial charge >= 0.3 is 0 Å². The van der Waals surface area contributed by atoms with Gasteiger partial charge in [0.1, 0.15) is 0 Å². The number of nitrogens with two attached hydrogens (primary N) is 1. The Balaban J connectivity index is 2.15. The number of hydrogen-bond acceptors (Lipinski definition) is 2. The van der Waals surface area contributed by atoms with Gasteiger partial charge in [0.15, 0.2) is 11.6 Å². The summed E-state index contributed by atoms with van der Waals surface area (Å²) >= 11 is 0. The van der Waals surface area contributed by atoms with E-state index in [1.165, 1.54) is 12.1 Å². The molecule has 1 saturated carbocycles. The molecule has 0 atom stereocenters. The van der Waals surface area contributed by atoms with Gasteiger partial charge < -0.3 is 11.1 Å². The summed E-state index contributed by atoms with van der Waals surface area (Å²) in [5, 5.41) is 2.37. The first-order valence-electron chi connectivity index (χ1n) is 5.05. The summed E-state index contributed by atoms with van der Waals surface area (Å²) in [7, 11) is 0. The van der Waals surface area contributed by atoms with Crippen molar-refractivity contribution in [3.63, 3.8) is 0 Å². The third kappa shape index (κ3) is 1.78. The number of carbonyl (C=O) groups excluding carboxylic acids is 1. The SMILES string of the molecule is NCC1(C(=O)Nc2cccc(F)c2F)CC1. The lowest BCUT2D eigenvalue weighted by Crippen LogP contribution is -2.31. The van der Waals surface area contributed by atoms with Crippen LogP contribution in [0.2, 0.25) is 0 Å². The van der Waals surface area contributed by atoms with E-state index in [-0.39, 0.29) is 18.1 Å². The van der Waals surface area contributed by atoms with Crippen LogP contribution in [0.25, 0.3) is 0 Å². The Hall–Kier alpha value is -1.49. The second-order valence-corrected chi connectivity index (χ2v) is 4.04. The van der Waals surface area contributed by atoms with Crippen molar-refractivity contribution in [2.24, 2.45) is 11.1 Å². The summed E-state index contributed by atoms with van der Waals surface area (Å²) in [5.74, 6) is -2.35. The Labute approximate surface area is 91.6 Å². The van der Waals surface area contributed by atoms with E-state index in [1.807, 2.05) is 0 Å². The zero-order valence-electron chi connectivity index (χ0n) is 8.59. The van der Waals surface area contributed by atoms with Gasteiger partial charge in [-0.2, -0.15) is 0 Å². The smallest absolute Gasteiger partial charge is 0.231 e. The first-order chi connectivity index (χ1) is 7.59. The fourth-order valence-corrected chi connectivity index (χ4v) is 1.53. The Morgan fingerprint density at radius 3 is 2.69 bits per heavy atom. The normalized spacial score (nSPS) is 16.9. The molecule has 0 aromatic heterocycles. The van der Waals surface area contributed by atoms with E-state index < -0.39 is 17.0 Å². The van der Waals surface area contributed by atoms with Crippen LogP contribution in [-0.2, 0) is 4.79 Å². The zero-order chi connectivity index (χ0) is 11.8. The second kappa shape index (κ2) is 3.83. The van der Waals surface area contributed by atoms with Gasteiger partial charge in [-0.25, -0.2) is 8.78 Å². The number of benzene rings is 1. The van der Waals surface area contributed by atoms with E-state index in [4.69, 9.17) is 5.73 Å². The molecule has 0 bridgehead atoms. The summed E-state index contributed by atoms with van der Waals surface area (Å²) in [6.07, 6.45) is 1.40. The van der Waals surface area contributed by atoms with Crippen LogP contribution in [0.4, 0.5) is 14.5 Å². The van der Waals surface area contributed by atoms with Crippen molar-refractivity contribution in [2.75, 3.05) is 11.9 Å². The maximum atomic E-state index is 13.3. The third-order valence-electron chi connectivity index (χ3n) is 2.93. The molecule has 0 heterocycles. The molecule has 5 heteroatoms. The number of rotatable bonds is 3. The predicted molar refractivity (Wildman–Crippen MR) is 55.7 cm³/mol. The standard InChI is InChI=1S/C11H12F2N2O/c12-7-2-1-3-8(9(7)13)15-10(16)11(6-14)4-5-11/h1-3H,4-6,14H2,(H,15,16). The van der Waals surface area contributed by atoms with Crippen molar-refractivity contribution in [1.29, 1.82) is 0 Å². The lowest BCUT2D eigenvalue weighted by atomic mass is 10.1. The van der Waals surface area contributed by atoms with E-state index in [0.29, 0.717) is 12.8 Å². The molecule has 2 rings (SSSR count). The van der Waals surface area contributed by atoms with E-state index in [9.17, 15) is 13.6 Å². The van der Waals surface area contributed by atoms with Crippen molar-refractivity contribution in [1.82, 2.24) is 0 Å². The molecule has 86 valence electrons. The quantitative estimate of drug-likeness (QED) is 0.823. The molecule has 0 spiro atoms. The van der Waals surface area contributed by atoms with Crippen molar-refractivity contribution in [3.8, 4) is 0 Å². The van der Waals surface area contributed by atoms with Gasteiger partial charge in [-0.05, 0) is 25.0 Å². The number of halogens is 2. The summed E-state index contributed by atoms with van der Waals surface area (Å²) in [4.78, 5) is 11.7. The average Bonchev–Trinajstić information content (AvgIpc) is 3.05. The summed E-state index contributed by atoms with van der Waals surface area (Å²) in [6, 6.07) is 3.67. The number of anilines is 1. The maximum absolute atomic E-state index is 13.3. The number of nitrogens with one attached hydrogen (secondary N) is 1. The molecule has 3 nitrogen and oxygen atoms in total. The van der Waals surface area contributed by atoms with Crippen molar-refractivity contribution < 1.29 is 13.6 Å². The van der Waals surface area contributed by atoms with Crippen LogP contribution in [0.15, 0.2) is 18.2 Å². The molecular formula is C11H12F2N2O. The van der Waals surface area contributed by atoms with Gasteiger partial charge in [0.05, 0.1) is 11.1 Å². The minimum Gasteiger partial charge on any atom is -0.329 e. The van der Waals surface area contributed by atoms with Crippen molar-refractivity contribution in [2.45, 2.75) is 12.8 Å². The molecule has 1 aliphatic carbocycles. The Bertz CT molecular complexity index is 430. The Morgan fingerprint density at radius 1 is 1.44 bits per heavy atom. The third-order valence-corrected chi connectivity index (χ3v) is 2.93. The van der Waals surface area contributed by atoms with Crippen LogP contribution in [0, 0.1) is 17.0 Å². The minimum absolute atomic E-state index is 0.135. The fourth-order valence-electron chi connectivity index (χ4n) is 1.53. The number of carbonyl (C=O) groups is 1. The monoisotopic (exact) mass is 226 g/mol. The van der Waals surface area contributed by atoms with Crippen LogP contribution in [-0.4, -0.2) is 12.5 Å². The second-order valence-electron chi connectivity index (χ2n) is 4.04. The first-order valence-corrected chi connectivity index (χ1v) is 5.05. The fraction of sp³-hybridized carbons (Fsp3) is 0.364. The van der Waals surface area contributed by atoms with Gasteiger partial charge in [0.2, 0.25) is 5.91 Å². The summed E-state index contributed by atoms with van der Waals surface area (Å²) < 4.78 is 26.1. The first kappa shape index (κ1) is 11.0. The number of amides is 1. The van der Waals surface area contributed by atoms with Crippen molar-refractivity contribution in [3.05, 3.63) is 29.8 Å². The Kier molecular flexibility index (Phi) is 2.63. The van der Waals surface area contributed by atoms with Crippen LogP contribution >= 0.6 is 0 Å². The number of hydrogen-bond donors (Lipinski definition) is 2. The molecule has 0 radical (unpaired) electrons. The van der Waals surface area contributed by atoms with Gasteiger partial charge in [-0.1, -0.05) is 6.07 Å². The van der Waals surface area contributed by atoms with Gasteiger partial charge in [0, 0.05) is 6.54 Å². The van der Waals surface area contributed by atoms with Crippen LogP contribution in [0.3, 0.4) is 0 Å². The molecule has 3 N–H and O–H groups in total. The highest BCUT2D eigenvalue weighted by molar-refractivity contribution is 5.97. The molecule has 1 aliphatic rings. The van der Waals surface area contributed by atoms with E-state index in [1.54, 1.807) is 0 Å². The van der Waals surface area contributed by atoms with Crippen molar-refractivity contribution >= 4 is 11.6 Å². The maximum Gasteiger partial charge on any atom is 0.231 e. The molecule has 0 unspecified atom stereocenters. The zero-order valence-corrected chi connectivity index (χ0v) is 8.59. The molecule has 1 aromatic carbocycles. The highest BCUT2D eigenvalue weighted by Crippen LogP contribution is 2.45.